The second-order valence-corrected chi connectivity index (χ2v) is 6.67. The van der Waals surface area contributed by atoms with Crippen LogP contribution in [0.4, 0.5) is 0 Å². The molecule has 2 nitrogen and oxygen atoms in total. The zero-order valence-corrected chi connectivity index (χ0v) is 12.5. The first-order valence-electron chi connectivity index (χ1n) is 8.23. The molecule has 1 aliphatic carbocycles. The summed E-state index contributed by atoms with van der Waals surface area (Å²) in [6.45, 7) is 9.95. The Morgan fingerprint density at radius 1 is 1.17 bits per heavy atom. The van der Waals surface area contributed by atoms with Crippen LogP contribution in [0, 0.1) is 11.8 Å². The van der Waals surface area contributed by atoms with Crippen LogP contribution in [0.1, 0.15) is 58.8 Å². The molecule has 18 heavy (non-hydrogen) atoms. The van der Waals surface area contributed by atoms with E-state index in [0.29, 0.717) is 0 Å². The zero-order chi connectivity index (χ0) is 12.8. The highest BCUT2D eigenvalue weighted by molar-refractivity contribution is 4.82. The fraction of sp³-hybridized carbons (Fsp3) is 1.00. The molecule has 2 rings (SSSR count). The van der Waals surface area contributed by atoms with E-state index in [1.54, 1.807) is 0 Å². The number of hydrogen-bond donors (Lipinski definition) is 1. The number of nitrogens with one attached hydrogen (secondary N) is 1. The van der Waals surface area contributed by atoms with Crippen molar-refractivity contribution >= 4 is 0 Å². The van der Waals surface area contributed by atoms with Crippen LogP contribution in [0.5, 0.6) is 0 Å². The Morgan fingerprint density at radius 2 is 2.00 bits per heavy atom. The third-order valence-corrected chi connectivity index (χ3v) is 4.54. The Labute approximate surface area is 114 Å². The average Bonchev–Trinajstić information content (AvgIpc) is 3.16. The first-order chi connectivity index (χ1) is 8.78. The molecule has 0 bridgehead atoms. The molecule has 0 aromatic carbocycles. The fourth-order valence-corrected chi connectivity index (χ4v) is 3.26. The molecule has 2 unspecified atom stereocenters. The van der Waals surface area contributed by atoms with Gasteiger partial charge in [-0.15, -0.1) is 0 Å². The third kappa shape index (κ3) is 5.27. The van der Waals surface area contributed by atoms with Crippen LogP contribution < -0.4 is 5.32 Å². The molecule has 0 radical (unpaired) electrons. The Kier molecular flexibility index (Phi) is 5.97. The van der Waals surface area contributed by atoms with Crippen molar-refractivity contribution in [3.05, 3.63) is 0 Å². The Morgan fingerprint density at radius 3 is 2.72 bits per heavy atom. The molecule has 2 fully saturated rings. The number of likely N-dealkylation sites (tertiary alicyclic amines) is 1. The number of nitrogens with zero attached hydrogens (tertiary/aromatic N) is 1. The molecule has 2 aliphatic rings. The lowest BCUT2D eigenvalue weighted by Gasteiger charge is -2.24. The van der Waals surface area contributed by atoms with E-state index in [1.807, 2.05) is 0 Å². The van der Waals surface area contributed by atoms with Crippen LogP contribution in [0.2, 0.25) is 0 Å². The van der Waals surface area contributed by atoms with Crippen molar-refractivity contribution in [2.45, 2.75) is 64.8 Å². The van der Waals surface area contributed by atoms with Gasteiger partial charge in [0.05, 0.1) is 0 Å². The summed E-state index contributed by atoms with van der Waals surface area (Å²) in [6.07, 6.45) is 9.98. The fourth-order valence-electron chi connectivity index (χ4n) is 3.26. The molecule has 1 saturated carbocycles. The lowest BCUT2D eigenvalue weighted by molar-refractivity contribution is 0.239. The van der Waals surface area contributed by atoms with Crippen molar-refractivity contribution in [3.63, 3.8) is 0 Å². The number of hydrogen-bond acceptors (Lipinski definition) is 2. The zero-order valence-electron chi connectivity index (χ0n) is 12.5. The van der Waals surface area contributed by atoms with Gasteiger partial charge in [0.15, 0.2) is 0 Å². The van der Waals surface area contributed by atoms with Gasteiger partial charge in [-0.2, -0.15) is 0 Å². The highest BCUT2D eigenvalue weighted by Gasteiger charge is 2.22. The molecule has 2 heteroatoms. The van der Waals surface area contributed by atoms with E-state index in [2.05, 4.69) is 24.1 Å². The summed E-state index contributed by atoms with van der Waals surface area (Å²) in [5, 5.41) is 3.66. The van der Waals surface area contributed by atoms with Gasteiger partial charge in [0, 0.05) is 12.6 Å². The Hall–Kier alpha value is -0.0800. The molecule has 2 atom stereocenters. The van der Waals surface area contributed by atoms with Crippen molar-refractivity contribution in [1.82, 2.24) is 10.2 Å². The quantitative estimate of drug-likeness (QED) is 0.748. The van der Waals surface area contributed by atoms with Gasteiger partial charge >= 0.3 is 0 Å². The SMILES string of the molecule is CCCC1CCCN(CC(C)CNC2CC2)CC1. The summed E-state index contributed by atoms with van der Waals surface area (Å²) in [4.78, 5) is 2.72. The van der Waals surface area contributed by atoms with Crippen LogP contribution in [0.25, 0.3) is 0 Å². The van der Waals surface area contributed by atoms with Gasteiger partial charge in [0.25, 0.3) is 0 Å². The molecule has 106 valence electrons. The number of rotatable bonds is 7. The van der Waals surface area contributed by atoms with Crippen LogP contribution in [0.15, 0.2) is 0 Å². The van der Waals surface area contributed by atoms with Crippen molar-refractivity contribution in [3.8, 4) is 0 Å². The molecule has 0 aromatic heterocycles. The van der Waals surface area contributed by atoms with Crippen LogP contribution in [-0.2, 0) is 0 Å². The largest absolute Gasteiger partial charge is 0.314 e. The van der Waals surface area contributed by atoms with Crippen LogP contribution in [-0.4, -0.2) is 37.1 Å². The van der Waals surface area contributed by atoms with Gasteiger partial charge in [-0.05, 0) is 63.6 Å². The van der Waals surface area contributed by atoms with Crippen molar-refractivity contribution in [2.75, 3.05) is 26.2 Å². The highest BCUT2D eigenvalue weighted by atomic mass is 15.1. The van der Waals surface area contributed by atoms with Crippen LogP contribution in [0.3, 0.4) is 0 Å². The van der Waals surface area contributed by atoms with E-state index in [-0.39, 0.29) is 0 Å². The minimum absolute atomic E-state index is 0.813. The highest BCUT2D eigenvalue weighted by Crippen LogP contribution is 2.22. The Balaban J connectivity index is 1.62. The van der Waals surface area contributed by atoms with Gasteiger partial charge in [-0.3, -0.25) is 0 Å². The van der Waals surface area contributed by atoms with E-state index in [1.165, 1.54) is 71.1 Å². The molecule has 1 N–H and O–H groups in total. The molecule has 1 aliphatic heterocycles. The normalized spacial score (nSPS) is 28.0. The maximum atomic E-state index is 3.66. The topological polar surface area (TPSA) is 15.3 Å². The molecular formula is C16H32N2. The Bertz CT molecular complexity index is 225. The summed E-state index contributed by atoms with van der Waals surface area (Å²) < 4.78 is 0. The first-order valence-corrected chi connectivity index (χ1v) is 8.23. The molecular weight excluding hydrogens is 220 g/mol. The molecule has 0 aromatic rings. The maximum absolute atomic E-state index is 3.66. The summed E-state index contributed by atoms with van der Waals surface area (Å²) in [5.41, 5.74) is 0. The lowest BCUT2D eigenvalue weighted by atomic mass is 9.96. The van der Waals surface area contributed by atoms with Crippen LogP contribution >= 0.6 is 0 Å². The van der Waals surface area contributed by atoms with Gasteiger partial charge < -0.3 is 10.2 Å². The smallest absolute Gasteiger partial charge is 0.00683 e. The predicted molar refractivity (Wildman–Crippen MR) is 78.9 cm³/mol. The summed E-state index contributed by atoms with van der Waals surface area (Å²) in [6, 6.07) is 0.866. The van der Waals surface area contributed by atoms with E-state index >= 15 is 0 Å². The van der Waals surface area contributed by atoms with Gasteiger partial charge in [0.1, 0.15) is 0 Å². The molecule has 0 amide bonds. The average molecular weight is 252 g/mol. The summed E-state index contributed by atoms with van der Waals surface area (Å²) >= 11 is 0. The summed E-state index contributed by atoms with van der Waals surface area (Å²) in [5.74, 6) is 1.83. The van der Waals surface area contributed by atoms with Gasteiger partial charge in [-0.1, -0.05) is 26.7 Å². The van der Waals surface area contributed by atoms with E-state index < -0.39 is 0 Å². The second kappa shape index (κ2) is 7.49. The van der Waals surface area contributed by atoms with Crippen molar-refractivity contribution < 1.29 is 0 Å². The first kappa shape index (κ1) is 14.3. The maximum Gasteiger partial charge on any atom is 0.00683 e. The van der Waals surface area contributed by atoms with E-state index in [4.69, 9.17) is 0 Å². The van der Waals surface area contributed by atoms with E-state index in [0.717, 1.165) is 17.9 Å². The van der Waals surface area contributed by atoms with E-state index in [9.17, 15) is 0 Å². The minimum atomic E-state index is 0.813. The molecule has 1 saturated heterocycles. The predicted octanol–water partition coefficient (Wildman–Crippen LogP) is 3.28. The minimum Gasteiger partial charge on any atom is -0.314 e. The van der Waals surface area contributed by atoms with Gasteiger partial charge in [0.2, 0.25) is 0 Å². The molecule has 1 heterocycles. The second-order valence-electron chi connectivity index (χ2n) is 6.67. The van der Waals surface area contributed by atoms with Crippen molar-refractivity contribution in [2.24, 2.45) is 11.8 Å². The lowest BCUT2D eigenvalue weighted by Crippen LogP contribution is -2.34. The monoisotopic (exact) mass is 252 g/mol. The third-order valence-electron chi connectivity index (χ3n) is 4.54. The van der Waals surface area contributed by atoms with Gasteiger partial charge in [-0.25, -0.2) is 0 Å². The summed E-state index contributed by atoms with van der Waals surface area (Å²) in [7, 11) is 0. The standard InChI is InChI=1S/C16H32N2/c1-3-5-15-6-4-10-18(11-9-15)13-14(2)12-17-16-7-8-16/h14-17H,3-13H2,1-2H3. The molecule has 0 spiro atoms. The van der Waals surface area contributed by atoms with Crippen molar-refractivity contribution in [1.29, 1.82) is 0 Å².